The summed E-state index contributed by atoms with van der Waals surface area (Å²) in [6.45, 7) is 6.23. The van der Waals surface area contributed by atoms with Crippen molar-refractivity contribution < 1.29 is 9.53 Å². The van der Waals surface area contributed by atoms with Crippen LogP contribution in [0.25, 0.3) is 0 Å². The molecule has 0 aliphatic carbocycles. The van der Waals surface area contributed by atoms with Crippen LogP contribution in [0.3, 0.4) is 0 Å². The highest BCUT2D eigenvalue weighted by molar-refractivity contribution is 5.79. The minimum atomic E-state index is -0.538. The molecule has 0 heterocycles. The highest BCUT2D eigenvalue weighted by Crippen LogP contribution is 2.22. The topological polar surface area (TPSA) is 52.3 Å². The second-order valence-corrected chi connectivity index (χ2v) is 4.30. The van der Waals surface area contributed by atoms with Crippen LogP contribution in [-0.2, 0) is 4.79 Å². The van der Waals surface area contributed by atoms with Gasteiger partial charge in [0.15, 0.2) is 6.10 Å². The number of hydrogen-bond acceptors (Lipinski definition) is 2. The van der Waals surface area contributed by atoms with Crippen LogP contribution in [0.2, 0.25) is 0 Å². The maximum absolute atomic E-state index is 11.1. The third-order valence-corrected chi connectivity index (χ3v) is 3.03. The Kier molecular flexibility index (Phi) is 5.01. The summed E-state index contributed by atoms with van der Waals surface area (Å²) in [6, 6.07) is 7.87. The van der Waals surface area contributed by atoms with Gasteiger partial charge in [0, 0.05) is 0 Å². The standard InChI is InChI=1S/C14H21NO2/c1-4-10(3)11-6-8-12(9-7-11)17-13(5-2)14(15)16/h6-10,13H,4-5H2,1-3H3,(H2,15,16). The zero-order valence-corrected chi connectivity index (χ0v) is 10.8. The molecule has 1 aromatic rings. The van der Waals surface area contributed by atoms with Gasteiger partial charge in [0.2, 0.25) is 0 Å². The van der Waals surface area contributed by atoms with Crippen molar-refractivity contribution in [3.8, 4) is 5.75 Å². The molecule has 0 aromatic heterocycles. The van der Waals surface area contributed by atoms with Crippen molar-refractivity contribution >= 4 is 5.91 Å². The fourth-order valence-corrected chi connectivity index (χ4v) is 1.62. The average molecular weight is 235 g/mol. The molecule has 3 heteroatoms. The lowest BCUT2D eigenvalue weighted by molar-refractivity contribution is -0.124. The summed E-state index contributed by atoms with van der Waals surface area (Å²) in [5, 5.41) is 0. The van der Waals surface area contributed by atoms with Gasteiger partial charge < -0.3 is 10.5 Å². The second kappa shape index (κ2) is 6.28. The Hall–Kier alpha value is -1.51. The first-order chi connectivity index (χ1) is 8.08. The molecule has 0 saturated carbocycles. The Morgan fingerprint density at radius 3 is 2.24 bits per heavy atom. The Balaban J connectivity index is 2.71. The predicted molar refractivity (Wildman–Crippen MR) is 69.0 cm³/mol. The molecule has 0 radical (unpaired) electrons. The molecule has 0 aliphatic rings. The van der Waals surface area contributed by atoms with Gasteiger partial charge in [-0.25, -0.2) is 0 Å². The van der Waals surface area contributed by atoms with Gasteiger partial charge in [-0.15, -0.1) is 0 Å². The van der Waals surface area contributed by atoms with E-state index in [1.807, 2.05) is 31.2 Å². The molecule has 0 bridgehead atoms. The first-order valence-corrected chi connectivity index (χ1v) is 6.14. The smallest absolute Gasteiger partial charge is 0.258 e. The number of hydrogen-bond donors (Lipinski definition) is 1. The molecule has 2 atom stereocenters. The molecule has 1 amide bonds. The average Bonchev–Trinajstić information content (AvgIpc) is 2.35. The van der Waals surface area contributed by atoms with E-state index >= 15 is 0 Å². The number of benzene rings is 1. The van der Waals surface area contributed by atoms with Crippen molar-refractivity contribution in [2.45, 2.75) is 45.6 Å². The molecule has 0 aliphatic heterocycles. The van der Waals surface area contributed by atoms with Gasteiger partial charge in [-0.1, -0.05) is 32.9 Å². The summed E-state index contributed by atoms with van der Waals surface area (Å²) in [4.78, 5) is 11.1. The van der Waals surface area contributed by atoms with E-state index in [1.165, 1.54) is 5.56 Å². The number of primary amides is 1. The van der Waals surface area contributed by atoms with Gasteiger partial charge in [-0.3, -0.25) is 4.79 Å². The number of nitrogens with two attached hydrogens (primary N) is 1. The molecule has 1 rings (SSSR count). The minimum Gasteiger partial charge on any atom is -0.481 e. The lowest BCUT2D eigenvalue weighted by atomic mass is 9.99. The fraction of sp³-hybridized carbons (Fsp3) is 0.500. The van der Waals surface area contributed by atoms with Crippen molar-refractivity contribution in [1.82, 2.24) is 0 Å². The van der Waals surface area contributed by atoms with E-state index in [2.05, 4.69) is 13.8 Å². The molecular weight excluding hydrogens is 214 g/mol. The second-order valence-electron chi connectivity index (χ2n) is 4.30. The zero-order chi connectivity index (χ0) is 12.8. The van der Waals surface area contributed by atoms with Gasteiger partial charge in [0.05, 0.1) is 0 Å². The van der Waals surface area contributed by atoms with E-state index in [0.29, 0.717) is 18.1 Å². The van der Waals surface area contributed by atoms with Crippen LogP contribution in [0.4, 0.5) is 0 Å². The predicted octanol–water partition coefficient (Wildman–Crippen LogP) is 2.84. The normalized spacial score (nSPS) is 14.1. The molecule has 0 fully saturated rings. The van der Waals surface area contributed by atoms with E-state index in [0.717, 1.165) is 6.42 Å². The summed E-state index contributed by atoms with van der Waals surface area (Å²) in [5.74, 6) is 0.823. The lowest BCUT2D eigenvalue weighted by Crippen LogP contribution is -2.32. The molecule has 17 heavy (non-hydrogen) atoms. The summed E-state index contributed by atoms with van der Waals surface area (Å²) >= 11 is 0. The molecule has 0 saturated heterocycles. The molecule has 2 N–H and O–H groups in total. The van der Waals surface area contributed by atoms with Gasteiger partial charge in [-0.2, -0.15) is 0 Å². The Morgan fingerprint density at radius 1 is 1.24 bits per heavy atom. The van der Waals surface area contributed by atoms with Crippen LogP contribution in [0, 0.1) is 0 Å². The van der Waals surface area contributed by atoms with E-state index in [-0.39, 0.29) is 0 Å². The van der Waals surface area contributed by atoms with E-state index in [4.69, 9.17) is 10.5 Å². The van der Waals surface area contributed by atoms with E-state index in [9.17, 15) is 4.79 Å². The first kappa shape index (κ1) is 13.6. The van der Waals surface area contributed by atoms with Gasteiger partial charge >= 0.3 is 0 Å². The number of amides is 1. The van der Waals surface area contributed by atoms with Crippen molar-refractivity contribution in [2.75, 3.05) is 0 Å². The van der Waals surface area contributed by atoms with Gasteiger partial charge in [-0.05, 0) is 36.5 Å². The van der Waals surface area contributed by atoms with Crippen LogP contribution in [0.5, 0.6) is 5.75 Å². The molecule has 3 nitrogen and oxygen atoms in total. The largest absolute Gasteiger partial charge is 0.481 e. The Morgan fingerprint density at radius 2 is 1.82 bits per heavy atom. The van der Waals surface area contributed by atoms with Gasteiger partial charge in [0.25, 0.3) is 5.91 Å². The Bertz CT molecular complexity index is 359. The van der Waals surface area contributed by atoms with Crippen LogP contribution in [0.1, 0.15) is 45.1 Å². The van der Waals surface area contributed by atoms with Crippen LogP contribution >= 0.6 is 0 Å². The number of ether oxygens (including phenoxy) is 1. The number of carbonyl (C=O) groups is 1. The molecule has 0 spiro atoms. The summed E-state index contributed by atoms with van der Waals surface area (Å²) in [7, 11) is 0. The number of carbonyl (C=O) groups excluding carboxylic acids is 1. The third kappa shape index (κ3) is 3.77. The van der Waals surface area contributed by atoms with Crippen molar-refractivity contribution in [3.63, 3.8) is 0 Å². The Labute approximate surface area is 103 Å². The minimum absolute atomic E-state index is 0.418. The van der Waals surface area contributed by atoms with Crippen LogP contribution in [0.15, 0.2) is 24.3 Å². The van der Waals surface area contributed by atoms with Gasteiger partial charge in [0.1, 0.15) is 5.75 Å². The SMILES string of the molecule is CCC(Oc1ccc(C(C)CC)cc1)C(N)=O. The third-order valence-electron chi connectivity index (χ3n) is 3.03. The summed E-state index contributed by atoms with van der Waals surface area (Å²) < 4.78 is 5.52. The van der Waals surface area contributed by atoms with Crippen LogP contribution < -0.4 is 10.5 Å². The lowest BCUT2D eigenvalue weighted by Gasteiger charge is -2.15. The van der Waals surface area contributed by atoms with E-state index in [1.54, 1.807) is 0 Å². The molecular formula is C14H21NO2. The maximum Gasteiger partial charge on any atom is 0.258 e. The summed E-state index contributed by atoms with van der Waals surface area (Å²) in [6.07, 6.45) is 1.16. The van der Waals surface area contributed by atoms with Crippen molar-refractivity contribution in [3.05, 3.63) is 29.8 Å². The molecule has 2 unspecified atom stereocenters. The quantitative estimate of drug-likeness (QED) is 0.824. The highest BCUT2D eigenvalue weighted by Gasteiger charge is 2.14. The highest BCUT2D eigenvalue weighted by atomic mass is 16.5. The number of rotatable bonds is 6. The van der Waals surface area contributed by atoms with E-state index < -0.39 is 12.0 Å². The maximum atomic E-state index is 11.1. The summed E-state index contributed by atoms with van der Waals surface area (Å²) in [5.41, 5.74) is 6.52. The molecule has 1 aromatic carbocycles. The zero-order valence-electron chi connectivity index (χ0n) is 10.8. The van der Waals surface area contributed by atoms with Crippen LogP contribution in [-0.4, -0.2) is 12.0 Å². The van der Waals surface area contributed by atoms with Crippen molar-refractivity contribution in [1.29, 1.82) is 0 Å². The van der Waals surface area contributed by atoms with Crippen molar-refractivity contribution in [2.24, 2.45) is 5.73 Å². The fourth-order valence-electron chi connectivity index (χ4n) is 1.62. The monoisotopic (exact) mass is 235 g/mol. The molecule has 94 valence electrons. The first-order valence-electron chi connectivity index (χ1n) is 6.14.